The van der Waals surface area contributed by atoms with Gasteiger partial charge >= 0.3 is 5.97 Å². The van der Waals surface area contributed by atoms with Crippen LogP contribution in [0.3, 0.4) is 0 Å². The highest BCUT2D eigenvalue weighted by Gasteiger charge is 2.31. The normalized spacial score (nSPS) is 13.8. The van der Waals surface area contributed by atoms with Crippen molar-refractivity contribution in [1.82, 2.24) is 5.32 Å². The summed E-state index contributed by atoms with van der Waals surface area (Å²) in [6.45, 7) is 3.88. The van der Waals surface area contributed by atoms with E-state index >= 15 is 0 Å². The second-order valence-electron chi connectivity index (χ2n) is 7.42. The second-order valence-corrected chi connectivity index (χ2v) is 7.42. The number of amides is 1. The van der Waals surface area contributed by atoms with Gasteiger partial charge in [-0.2, -0.15) is 0 Å². The van der Waals surface area contributed by atoms with E-state index in [1.54, 1.807) is 31.4 Å². The van der Waals surface area contributed by atoms with Crippen LogP contribution in [0.15, 0.2) is 54.6 Å². The van der Waals surface area contributed by atoms with Crippen molar-refractivity contribution in [2.45, 2.75) is 38.5 Å². The third kappa shape index (κ3) is 6.49. The quantitative estimate of drug-likeness (QED) is 0.517. The number of ether oxygens (including phenoxy) is 2. The van der Waals surface area contributed by atoms with Crippen LogP contribution in [0.4, 0.5) is 5.69 Å². The lowest BCUT2D eigenvalue weighted by Crippen LogP contribution is -2.49. The minimum Gasteiger partial charge on any atom is -0.497 e. The standard InChI is InChI=1S/C23H30N2O5/c1-15(2)14-19(23(28)30-4)25-22(27)21(26)20(16-8-6-5-7-9-16)24-17-10-12-18(29-3)13-11-17/h5-13,15,19-21,24,26H,14H2,1-4H3,(H,25,27)/t19-,20+,21-/m0/s1. The van der Waals surface area contributed by atoms with Gasteiger partial charge < -0.3 is 25.2 Å². The van der Waals surface area contributed by atoms with Gasteiger partial charge in [-0.1, -0.05) is 44.2 Å². The highest BCUT2D eigenvalue weighted by atomic mass is 16.5. The van der Waals surface area contributed by atoms with Crippen molar-refractivity contribution in [2.75, 3.05) is 19.5 Å². The van der Waals surface area contributed by atoms with Gasteiger partial charge in [0.15, 0.2) is 6.10 Å². The van der Waals surface area contributed by atoms with Gasteiger partial charge in [-0.3, -0.25) is 4.79 Å². The number of benzene rings is 2. The molecule has 30 heavy (non-hydrogen) atoms. The fourth-order valence-corrected chi connectivity index (χ4v) is 3.11. The first-order chi connectivity index (χ1) is 14.3. The van der Waals surface area contributed by atoms with Crippen molar-refractivity contribution in [3.05, 3.63) is 60.2 Å². The zero-order valence-electron chi connectivity index (χ0n) is 17.8. The van der Waals surface area contributed by atoms with E-state index in [0.29, 0.717) is 17.9 Å². The summed E-state index contributed by atoms with van der Waals surface area (Å²) in [7, 11) is 2.86. The lowest BCUT2D eigenvalue weighted by molar-refractivity contribution is -0.147. The number of carbonyl (C=O) groups excluding carboxylic acids is 2. The van der Waals surface area contributed by atoms with Gasteiger partial charge in [0.1, 0.15) is 11.8 Å². The smallest absolute Gasteiger partial charge is 0.328 e. The van der Waals surface area contributed by atoms with Crippen LogP contribution in [0.1, 0.15) is 31.9 Å². The van der Waals surface area contributed by atoms with Gasteiger partial charge in [-0.05, 0) is 42.2 Å². The summed E-state index contributed by atoms with van der Waals surface area (Å²) in [4.78, 5) is 24.9. The SMILES string of the molecule is COC(=O)[C@H](CC(C)C)NC(=O)[C@@H](O)[C@H](Nc1ccc(OC)cc1)c1ccccc1. The van der Waals surface area contributed by atoms with E-state index in [4.69, 9.17) is 9.47 Å². The zero-order valence-corrected chi connectivity index (χ0v) is 17.8. The molecule has 0 unspecified atom stereocenters. The molecule has 0 heterocycles. The fraction of sp³-hybridized carbons (Fsp3) is 0.391. The first-order valence-corrected chi connectivity index (χ1v) is 9.87. The van der Waals surface area contributed by atoms with E-state index in [2.05, 4.69) is 10.6 Å². The molecule has 0 aliphatic heterocycles. The fourth-order valence-electron chi connectivity index (χ4n) is 3.11. The number of esters is 1. The lowest BCUT2D eigenvalue weighted by atomic mass is 9.99. The maximum Gasteiger partial charge on any atom is 0.328 e. The van der Waals surface area contributed by atoms with E-state index in [-0.39, 0.29) is 5.92 Å². The molecule has 7 heteroatoms. The van der Waals surface area contributed by atoms with Crippen molar-refractivity contribution < 1.29 is 24.2 Å². The van der Waals surface area contributed by atoms with Gasteiger partial charge in [-0.15, -0.1) is 0 Å². The molecule has 0 aliphatic rings. The summed E-state index contributed by atoms with van der Waals surface area (Å²) in [5, 5.41) is 16.7. The van der Waals surface area contributed by atoms with Crippen LogP contribution in [-0.4, -0.2) is 43.3 Å². The van der Waals surface area contributed by atoms with Gasteiger partial charge in [0.2, 0.25) is 0 Å². The van der Waals surface area contributed by atoms with Crippen LogP contribution in [0.5, 0.6) is 5.75 Å². The minimum absolute atomic E-state index is 0.161. The largest absolute Gasteiger partial charge is 0.497 e. The van der Waals surface area contributed by atoms with Crippen LogP contribution in [0.25, 0.3) is 0 Å². The number of aliphatic hydroxyl groups excluding tert-OH is 1. The molecular formula is C23H30N2O5. The Morgan fingerprint density at radius 1 is 1.00 bits per heavy atom. The molecule has 3 N–H and O–H groups in total. The lowest BCUT2D eigenvalue weighted by Gasteiger charge is -2.27. The Kier molecular flexibility index (Phi) is 8.68. The van der Waals surface area contributed by atoms with Crippen LogP contribution in [0.2, 0.25) is 0 Å². The summed E-state index contributed by atoms with van der Waals surface area (Å²) in [5.41, 5.74) is 1.44. The molecule has 2 rings (SSSR count). The summed E-state index contributed by atoms with van der Waals surface area (Å²) >= 11 is 0. The van der Waals surface area contributed by atoms with E-state index < -0.39 is 30.1 Å². The van der Waals surface area contributed by atoms with Crippen molar-refractivity contribution in [1.29, 1.82) is 0 Å². The average Bonchev–Trinajstić information content (AvgIpc) is 2.76. The first kappa shape index (κ1) is 23.2. The second kappa shape index (κ2) is 11.2. The van der Waals surface area contributed by atoms with Crippen LogP contribution < -0.4 is 15.4 Å². The molecule has 0 aromatic heterocycles. The van der Waals surface area contributed by atoms with Crippen LogP contribution >= 0.6 is 0 Å². The number of hydrogen-bond donors (Lipinski definition) is 3. The van der Waals surface area contributed by atoms with Crippen molar-refractivity contribution in [3.8, 4) is 5.75 Å². The van der Waals surface area contributed by atoms with E-state index in [1.165, 1.54) is 7.11 Å². The van der Waals surface area contributed by atoms with E-state index in [0.717, 1.165) is 5.56 Å². The Morgan fingerprint density at radius 2 is 1.63 bits per heavy atom. The molecule has 2 aromatic rings. The molecule has 1 amide bonds. The maximum absolute atomic E-state index is 12.8. The summed E-state index contributed by atoms with van der Waals surface area (Å²) in [6.07, 6.45) is -1.03. The molecule has 0 bridgehead atoms. The Bertz CT molecular complexity index is 808. The summed E-state index contributed by atoms with van der Waals surface area (Å²) < 4.78 is 9.96. The number of hydrogen-bond acceptors (Lipinski definition) is 6. The molecule has 0 spiro atoms. The Balaban J connectivity index is 2.23. The topological polar surface area (TPSA) is 96.9 Å². The molecule has 0 aliphatic carbocycles. The van der Waals surface area contributed by atoms with E-state index in [9.17, 15) is 14.7 Å². The Labute approximate surface area is 177 Å². The molecule has 0 saturated carbocycles. The van der Waals surface area contributed by atoms with Crippen molar-refractivity contribution in [3.63, 3.8) is 0 Å². The van der Waals surface area contributed by atoms with Crippen LogP contribution in [-0.2, 0) is 14.3 Å². The Hall–Kier alpha value is -3.06. The number of nitrogens with one attached hydrogen (secondary N) is 2. The van der Waals surface area contributed by atoms with Gasteiger partial charge in [0.05, 0.1) is 20.3 Å². The summed E-state index contributed by atoms with van der Waals surface area (Å²) in [6, 6.07) is 14.8. The maximum atomic E-state index is 12.8. The number of aliphatic hydroxyl groups is 1. The number of anilines is 1. The number of methoxy groups -OCH3 is 2. The van der Waals surface area contributed by atoms with Crippen molar-refractivity contribution >= 4 is 17.6 Å². The number of rotatable bonds is 10. The van der Waals surface area contributed by atoms with Gasteiger partial charge in [0.25, 0.3) is 5.91 Å². The van der Waals surface area contributed by atoms with Gasteiger partial charge in [0, 0.05) is 5.69 Å². The molecule has 162 valence electrons. The van der Waals surface area contributed by atoms with Crippen molar-refractivity contribution in [2.24, 2.45) is 5.92 Å². The highest BCUT2D eigenvalue weighted by Crippen LogP contribution is 2.25. The molecule has 3 atom stereocenters. The molecular weight excluding hydrogens is 384 g/mol. The Morgan fingerprint density at radius 3 is 2.17 bits per heavy atom. The molecule has 0 saturated heterocycles. The average molecular weight is 415 g/mol. The predicted molar refractivity (Wildman–Crippen MR) is 115 cm³/mol. The number of carbonyl (C=O) groups is 2. The highest BCUT2D eigenvalue weighted by molar-refractivity contribution is 5.87. The molecule has 0 radical (unpaired) electrons. The first-order valence-electron chi connectivity index (χ1n) is 9.87. The van der Waals surface area contributed by atoms with E-state index in [1.807, 2.05) is 44.2 Å². The monoisotopic (exact) mass is 414 g/mol. The third-order valence-corrected chi connectivity index (χ3v) is 4.66. The summed E-state index contributed by atoms with van der Waals surface area (Å²) in [5.74, 6) is -0.330. The van der Waals surface area contributed by atoms with Crippen LogP contribution in [0, 0.1) is 5.92 Å². The molecule has 2 aromatic carbocycles. The minimum atomic E-state index is -1.44. The van der Waals surface area contributed by atoms with Gasteiger partial charge in [-0.25, -0.2) is 4.79 Å². The predicted octanol–water partition coefficient (Wildman–Crippen LogP) is 2.91. The molecule has 0 fully saturated rings. The third-order valence-electron chi connectivity index (χ3n) is 4.66. The zero-order chi connectivity index (χ0) is 22.1. The molecule has 7 nitrogen and oxygen atoms in total.